The largest absolute Gasteiger partial charge is 0.342 e. The second-order valence-corrected chi connectivity index (χ2v) is 9.96. The average molecular weight is 489 g/mol. The van der Waals surface area contributed by atoms with Gasteiger partial charge in [0, 0.05) is 31.5 Å². The molecule has 2 aliphatic rings. The second kappa shape index (κ2) is 10.1. The molecule has 2 aromatic rings. The van der Waals surface area contributed by atoms with Crippen molar-refractivity contribution in [2.24, 2.45) is 5.41 Å². The topological polar surface area (TPSA) is 84.4 Å². The van der Waals surface area contributed by atoms with Gasteiger partial charge >= 0.3 is 0 Å². The van der Waals surface area contributed by atoms with Crippen LogP contribution < -0.4 is 0 Å². The third-order valence-electron chi connectivity index (χ3n) is 7.40. The Bertz CT molecular complexity index is 1250. The molecule has 36 heavy (non-hydrogen) atoms. The molecule has 6 nitrogen and oxygen atoms in total. The number of amides is 1. The maximum atomic E-state index is 13.3. The Hall–Kier alpha value is -3.66. The van der Waals surface area contributed by atoms with Crippen molar-refractivity contribution in [1.82, 2.24) is 9.88 Å². The molecule has 4 rings (SSSR count). The van der Waals surface area contributed by atoms with E-state index >= 15 is 0 Å². The molecule has 0 bridgehead atoms. The van der Waals surface area contributed by atoms with E-state index < -0.39 is 22.9 Å². The van der Waals surface area contributed by atoms with E-state index in [4.69, 9.17) is 0 Å². The molecule has 1 amide bonds. The SMILES string of the molecule is CC#Cc1cc(C)c(C2C(=O)CC3(CCN(C(=O)CC(=O)c4ccc(F)cn4)CC3)CC2=O)c(C)c1. The molecule has 1 spiro atoms. The van der Waals surface area contributed by atoms with Crippen LogP contribution in [0.25, 0.3) is 0 Å². The Morgan fingerprint density at radius 2 is 1.69 bits per heavy atom. The van der Waals surface area contributed by atoms with Gasteiger partial charge < -0.3 is 4.90 Å². The number of halogens is 1. The molecule has 1 aliphatic heterocycles. The number of piperidine rings is 1. The molecule has 1 saturated heterocycles. The van der Waals surface area contributed by atoms with Gasteiger partial charge in [0.1, 0.15) is 29.0 Å². The predicted molar refractivity (Wildman–Crippen MR) is 132 cm³/mol. The summed E-state index contributed by atoms with van der Waals surface area (Å²) in [5.74, 6) is 3.69. The first-order valence-corrected chi connectivity index (χ1v) is 12.1. The maximum absolute atomic E-state index is 13.3. The molecule has 1 aromatic carbocycles. The monoisotopic (exact) mass is 488 g/mol. The zero-order valence-electron chi connectivity index (χ0n) is 20.8. The minimum atomic E-state index is -0.750. The predicted octanol–water partition coefficient (Wildman–Crippen LogP) is 4.11. The fraction of sp³-hybridized carbons (Fsp3) is 0.414. The molecule has 2 fully saturated rings. The fourth-order valence-corrected chi connectivity index (χ4v) is 5.62. The summed E-state index contributed by atoms with van der Waals surface area (Å²) in [6, 6.07) is 6.25. The molecule has 0 unspecified atom stereocenters. The van der Waals surface area contributed by atoms with Crippen LogP contribution in [0.1, 0.15) is 77.7 Å². The first-order valence-electron chi connectivity index (χ1n) is 12.1. The Labute approximate surface area is 210 Å². The van der Waals surface area contributed by atoms with Gasteiger partial charge in [-0.25, -0.2) is 4.39 Å². The van der Waals surface area contributed by atoms with Crippen LogP contribution in [0.5, 0.6) is 0 Å². The van der Waals surface area contributed by atoms with Gasteiger partial charge in [-0.15, -0.1) is 5.92 Å². The van der Waals surface area contributed by atoms with Crippen molar-refractivity contribution < 1.29 is 23.6 Å². The highest BCUT2D eigenvalue weighted by Crippen LogP contribution is 2.46. The molecule has 2 heterocycles. The third kappa shape index (κ3) is 5.13. The molecule has 0 radical (unpaired) electrons. The number of rotatable bonds is 4. The third-order valence-corrected chi connectivity index (χ3v) is 7.40. The number of likely N-dealkylation sites (tertiary alicyclic amines) is 1. The van der Waals surface area contributed by atoms with Crippen molar-refractivity contribution in [3.8, 4) is 11.8 Å². The number of ketones is 3. The van der Waals surface area contributed by atoms with E-state index in [2.05, 4.69) is 16.8 Å². The lowest BCUT2D eigenvalue weighted by molar-refractivity contribution is -0.140. The lowest BCUT2D eigenvalue weighted by atomic mass is 9.62. The number of Topliss-reactive ketones (excluding diaryl/α,β-unsaturated/α-hetero) is 3. The molecule has 186 valence electrons. The summed E-state index contributed by atoms with van der Waals surface area (Å²) in [6.45, 7) is 6.38. The molecule has 0 N–H and O–H groups in total. The van der Waals surface area contributed by atoms with Crippen LogP contribution in [-0.4, -0.2) is 46.2 Å². The maximum Gasteiger partial charge on any atom is 0.230 e. The molecule has 1 aliphatic carbocycles. The summed E-state index contributed by atoms with van der Waals surface area (Å²) in [7, 11) is 0. The molecular weight excluding hydrogens is 459 g/mol. The first-order chi connectivity index (χ1) is 17.1. The van der Waals surface area contributed by atoms with Crippen LogP contribution >= 0.6 is 0 Å². The summed E-state index contributed by atoms with van der Waals surface area (Å²) < 4.78 is 13.0. The van der Waals surface area contributed by atoms with Gasteiger partial charge in [0.05, 0.1) is 12.6 Å². The number of nitrogens with zero attached hydrogens (tertiary/aromatic N) is 2. The molecular formula is C29H29FN2O4. The van der Waals surface area contributed by atoms with E-state index in [0.29, 0.717) is 38.8 Å². The Balaban J connectivity index is 1.41. The van der Waals surface area contributed by atoms with Crippen LogP contribution in [0, 0.1) is 36.9 Å². The fourth-order valence-electron chi connectivity index (χ4n) is 5.62. The number of carbonyl (C=O) groups is 4. The standard InChI is InChI=1S/C29H29FN2O4/c1-4-5-20-12-18(2)27(19(3)13-20)28-24(34)15-29(16-25(28)35)8-10-32(11-9-29)26(36)14-23(33)22-7-6-21(30)17-31-22/h6-7,12-13,17,28H,8-11,14-16H2,1-3H3. The Morgan fingerprint density at radius 3 is 2.22 bits per heavy atom. The van der Waals surface area contributed by atoms with E-state index in [1.54, 1.807) is 11.8 Å². The van der Waals surface area contributed by atoms with Crippen molar-refractivity contribution in [1.29, 1.82) is 0 Å². The van der Waals surface area contributed by atoms with Gasteiger partial charge in [-0.05, 0) is 80.0 Å². The van der Waals surface area contributed by atoms with Gasteiger partial charge in [0.25, 0.3) is 0 Å². The Kier molecular flexibility index (Phi) is 7.16. The number of hydrogen-bond donors (Lipinski definition) is 0. The van der Waals surface area contributed by atoms with Crippen LogP contribution in [0.4, 0.5) is 4.39 Å². The molecule has 0 atom stereocenters. The van der Waals surface area contributed by atoms with Crippen LogP contribution in [0.15, 0.2) is 30.5 Å². The van der Waals surface area contributed by atoms with Gasteiger partial charge in [-0.3, -0.25) is 24.2 Å². The molecule has 1 saturated carbocycles. The quantitative estimate of drug-likeness (QED) is 0.368. The summed E-state index contributed by atoms with van der Waals surface area (Å²) in [6.07, 6.45) is 2.29. The van der Waals surface area contributed by atoms with Gasteiger partial charge in [0.15, 0.2) is 5.78 Å². The smallest absolute Gasteiger partial charge is 0.230 e. The van der Waals surface area contributed by atoms with Gasteiger partial charge in [-0.2, -0.15) is 0 Å². The van der Waals surface area contributed by atoms with Gasteiger partial charge in [0.2, 0.25) is 5.91 Å². The number of aryl methyl sites for hydroxylation is 2. The molecule has 7 heteroatoms. The number of hydrogen-bond acceptors (Lipinski definition) is 5. The van der Waals surface area contributed by atoms with Crippen molar-refractivity contribution in [3.63, 3.8) is 0 Å². The first kappa shape index (κ1) is 25.4. The van der Waals surface area contributed by atoms with Crippen molar-refractivity contribution in [2.45, 2.75) is 58.8 Å². The van der Waals surface area contributed by atoms with Gasteiger partial charge in [-0.1, -0.05) is 5.92 Å². The van der Waals surface area contributed by atoms with Crippen molar-refractivity contribution in [3.05, 3.63) is 64.2 Å². The molecule has 1 aromatic heterocycles. The summed E-state index contributed by atoms with van der Waals surface area (Å²) in [5, 5.41) is 0. The van der Waals surface area contributed by atoms with E-state index in [-0.39, 0.29) is 29.6 Å². The van der Waals surface area contributed by atoms with Crippen LogP contribution in [0.3, 0.4) is 0 Å². The second-order valence-electron chi connectivity index (χ2n) is 9.96. The summed E-state index contributed by atoms with van der Waals surface area (Å²) >= 11 is 0. The van der Waals surface area contributed by atoms with Crippen LogP contribution in [0.2, 0.25) is 0 Å². The highest BCUT2D eigenvalue weighted by molar-refractivity contribution is 6.11. The minimum Gasteiger partial charge on any atom is -0.342 e. The zero-order valence-corrected chi connectivity index (χ0v) is 20.8. The van der Waals surface area contributed by atoms with Crippen molar-refractivity contribution >= 4 is 23.3 Å². The van der Waals surface area contributed by atoms with E-state index in [0.717, 1.165) is 34.5 Å². The Morgan fingerprint density at radius 1 is 1.08 bits per heavy atom. The highest BCUT2D eigenvalue weighted by atomic mass is 19.1. The highest BCUT2D eigenvalue weighted by Gasteiger charge is 2.47. The normalized spacial score (nSPS) is 17.6. The number of carbonyl (C=O) groups excluding carboxylic acids is 4. The lowest BCUT2D eigenvalue weighted by Crippen LogP contribution is -2.48. The lowest BCUT2D eigenvalue weighted by Gasteiger charge is -2.44. The number of aromatic nitrogens is 1. The zero-order chi connectivity index (χ0) is 26.0. The number of benzene rings is 1. The number of pyridine rings is 1. The van der Waals surface area contributed by atoms with E-state index in [9.17, 15) is 23.6 Å². The minimum absolute atomic E-state index is 0.0492. The summed E-state index contributed by atoms with van der Waals surface area (Å²) in [4.78, 5) is 57.0. The summed E-state index contributed by atoms with van der Waals surface area (Å²) in [5.41, 5.74) is 3.07. The van der Waals surface area contributed by atoms with Crippen LogP contribution in [-0.2, 0) is 14.4 Å². The van der Waals surface area contributed by atoms with E-state index in [1.165, 1.54) is 6.07 Å². The average Bonchev–Trinajstić information content (AvgIpc) is 2.81. The van der Waals surface area contributed by atoms with Crippen molar-refractivity contribution in [2.75, 3.05) is 13.1 Å². The van der Waals surface area contributed by atoms with E-state index in [1.807, 2.05) is 26.0 Å².